The molecule has 0 aliphatic carbocycles. The lowest BCUT2D eigenvalue weighted by atomic mass is 10.0. The molecule has 102 valence electrons. The van der Waals surface area contributed by atoms with Crippen molar-refractivity contribution >= 4 is 34.7 Å². The molecule has 4 nitrogen and oxygen atoms in total. The van der Waals surface area contributed by atoms with Crippen LogP contribution in [0.2, 0.25) is 10.0 Å². The fraction of sp³-hybridized carbons (Fsp3) is 0.333. The highest BCUT2D eigenvalue weighted by Gasteiger charge is 2.22. The molecule has 7 heteroatoms. The number of hydrazine groups is 1. The van der Waals surface area contributed by atoms with Gasteiger partial charge in [-0.05, 0) is 29.6 Å². The Balaban J connectivity index is 2.44. The molecular formula is C12H14Cl2N4S. The molecule has 0 aliphatic rings. The molecule has 2 rings (SSSR count). The first-order valence-corrected chi connectivity index (χ1v) is 7.43. The van der Waals surface area contributed by atoms with Gasteiger partial charge in [0.1, 0.15) is 0 Å². The van der Waals surface area contributed by atoms with Gasteiger partial charge in [0.15, 0.2) is 0 Å². The molecule has 0 aliphatic heterocycles. The zero-order chi connectivity index (χ0) is 13.8. The van der Waals surface area contributed by atoms with Gasteiger partial charge in [0.05, 0.1) is 26.7 Å². The lowest BCUT2D eigenvalue weighted by Crippen LogP contribution is -2.29. The van der Waals surface area contributed by atoms with E-state index in [9.17, 15) is 0 Å². The van der Waals surface area contributed by atoms with Crippen molar-refractivity contribution in [2.24, 2.45) is 5.84 Å². The molecule has 0 spiro atoms. The Hall–Kier alpha value is -0.720. The second kappa shape index (κ2) is 6.63. The van der Waals surface area contributed by atoms with Crippen molar-refractivity contribution in [3.63, 3.8) is 0 Å². The van der Waals surface area contributed by atoms with Gasteiger partial charge in [-0.15, -0.1) is 5.10 Å². The number of aryl methyl sites for hydroxylation is 1. The summed E-state index contributed by atoms with van der Waals surface area (Å²) >= 11 is 13.6. The van der Waals surface area contributed by atoms with Crippen molar-refractivity contribution in [3.05, 3.63) is 44.4 Å². The number of hydrogen-bond acceptors (Lipinski definition) is 5. The maximum absolute atomic E-state index is 6.25. The van der Waals surface area contributed by atoms with Gasteiger partial charge in [-0.25, -0.2) is 5.43 Å². The third-order valence-electron chi connectivity index (χ3n) is 2.79. The van der Waals surface area contributed by atoms with E-state index in [0.29, 0.717) is 10.0 Å². The van der Waals surface area contributed by atoms with Crippen LogP contribution in [0.25, 0.3) is 0 Å². The van der Waals surface area contributed by atoms with Crippen LogP contribution in [0.1, 0.15) is 35.5 Å². The average Bonchev–Trinajstić information content (AvgIpc) is 2.84. The van der Waals surface area contributed by atoms with Crippen LogP contribution in [0, 0.1) is 0 Å². The van der Waals surface area contributed by atoms with Crippen LogP contribution in [0.3, 0.4) is 0 Å². The molecule has 0 fully saturated rings. The second-order valence-electron chi connectivity index (χ2n) is 4.08. The van der Waals surface area contributed by atoms with Gasteiger partial charge in [0.2, 0.25) is 0 Å². The Kier molecular flexibility index (Phi) is 5.13. The molecule has 1 aromatic carbocycles. The molecule has 19 heavy (non-hydrogen) atoms. The maximum Gasteiger partial charge on any atom is 0.0852 e. The Labute approximate surface area is 126 Å². The zero-order valence-electron chi connectivity index (χ0n) is 10.4. The molecular weight excluding hydrogens is 303 g/mol. The summed E-state index contributed by atoms with van der Waals surface area (Å²) in [7, 11) is 0. The molecule has 3 N–H and O–H groups in total. The second-order valence-corrected chi connectivity index (χ2v) is 5.65. The highest BCUT2D eigenvalue weighted by atomic mass is 35.5. The Morgan fingerprint density at radius 3 is 2.89 bits per heavy atom. The zero-order valence-corrected chi connectivity index (χ0v) is 12.7. The van der Waals surface area contributed by atoms with Crippen molar-refractivity contribution in [2.45, 2.75) is 25.8 Å². The normalized spacial score (nSPS) is 12.6. The topological polar surface area (TPSA) is 63.8 Å². The number of halogens is 2. The number of nitrogens with two attached hydrogens (primary N) is 1. The molecule has 1 heterocycles. The summed E-state index contributed by atoms with van der Waals surface area (Å²) in [5.41, 5.74) is 4.56. The minimum atomic E-state index is -0.243. The van der Waals surface area contributed by atoms with Crippen LogP contribution in [0.15, 0.2) is 18.2 Å². The molecule has 1 unspecified atom stereocenters. The smallest absolute Gasteiger partial charge is 0.0852 e. The van der Waals surface area contributed by atoms with Crippen LogP contribution in [-0.2, 0) is 6.42 Å². The number of aromatic nitrogens is 2. The average molecular weight is 317 g/mol. The van der Waals surface area contributed by atoms with E-state index in [0.717, 1.165) is 29.0 Å². The van der Waals surface area contributed by atoms with E-state index in [-0.39, 0.29) is 6.04 Å². The van der Waals surface area contributed by atoms with Gasteiger partial charge >= 0.3 is 0 Å². The number of rotatable bonds is 5. The highest BCUT2D eigenvalue weighted by molar-refractivity contribution is 7.05. The van der Waals surface area contributed by atoms with Gasteiger partial charge < -0.3 is 0 Å². The highest BCUT2D eigenvalue weighted by Crippen LogP contribution is 2.35. The van der Waals surface area contributed by atoms with E-state index in [4.69, 9.17) is 29.0 Å². The third-order valence-corrected chi connectivity index (χ3v) is 4.46. The van der Waals surface area contributed by atoms with Gasteiger partial charge in [0.25, 0.3) is 0 Å². The van der Waals surface area contributed by atoms with Crippen molar-refractivity contribution < 1.29 is 0 Å². The number of nitrogens with zero attached hydrogens (tertiary/aromatic N) is 2. The van der Waals surface area contributed by atoms with E-state index in [1.807, 2.05) is 12.1 Å². The predicted molar refractivity (Wildman–Crippen MR) is 79.5 cm³/mol. The Bertz CT molecular complexity index is 558. The minimum Gasteiger partial charge on any atom is -0.271 e. The first-order chi connectivity index (χ1) is 9.19. The molecule has 0 amide bonds. The Morgan fingerprint density at radius 2 is 2.21 bits per heavy atom. The third kappa shape index (κ3) is 3.07. The maximum atomic E-state index is 6.25. The molecule has 1 aromatic heterocycles. The van der Waals surface area contributed by atoms with E-state index in [2.05, 4.69) is 21.9 Å². The van der Waals surface area contributed by atoms with Gasteiger partial charge in [-0.1, -0.05) is 53.2 Å². The van der Waals surface area contributed by atoms with E-state index >= 15 is 0 Å². The van der Waals surface area contributed by atoms with Crippen LogP contribution >= 0.6 is 34.7 Å². The summed E-state index contributed by atoms with van der Waals surface area (Å²) in [5, 5.41) is 5.16. The Morgan fingerprint density at radius 1 is 1.42 bits per heavy atom. The summed E-state index contributed by atoms with van der Waals surface area (Å²) in [6.07, 6.45) is 1.86. The summed E-state index contributed by atoms with van der Waals surface area (Å²) in [4.78, 5) is 0.980. The molecule has 0 radical (unpaired) electrons. The fourth-order valence-electron chi connectivity index (χ4n) is 1.90. The molecule has 1 atom stereocenters. The first-order valence-electron chi connectivity index (χ1n) is 5.90. The van der Waals surface area contributed by atoms with Gasteiger partial charge in [0, 0.05) is 0 Å². The van der Waals surface area contributed by atoms with Crippen molar-refractivity contribution in [1.82, 2.24) is 15.0 Å². The van der Waals surface area contributed by atoms with Crippen LogP contribution in [0.5, 0.6) is 0 Å². The number of nitrogens with one attached hydrogen (secondary N) is 1. The van der Waals surface area contributed by atoms with Crippen LogP contribution < -0.4 is 11.3 Å². The summed E-state index contributed by atoms with van der Waals surface area (Å²) in [6, 6.07) is 5.25. The standard InChI is InChI=1S/C12H14Cl2N4S/c1-2-4-9-12(19-18-17-9)11(16-15)7-5-3-6-8(13)10(7)14/h3,5-6,11,16H,2,4,15H2,1H3. The van der Waals surface area contributed by atoms with Crippen molar-refractivity contribution in [2.75, 3.05) is 0 Å². The van der Waals surface area contributed by atoms with Gasteiger partial charge in [-0.2, -0.15) is 0 Å². The van der Waals surface area contributed by atoms with Crippen molar-refractivity contribution in [1.29, 1.82) is 0 Å². The minimum absolute atomic E-state index is 0.243. The summed E-state index contributed by atoms with van der Waals surface area (Å²) in [6.45, 7) is 2.10. The van der Waals surface area contributed by atoms with Crippen LogP contribution in [0.4, 0.5) is 0 Å². The molecule has 0 saturated heterocycles. The lowest BCUT2D eigenvalue weighted by Gasteiger charge is -2.17. The summed E-state index contributed by atoms with van der Waals surface area (Å²) < 4.78 is 4.01. The molecule has 2 aromatic rings. The van der Waals surface area contributed by atoms with E-state index in [1.54, 1.807) is 6.07 Å². The quantitative estimate of drug-likeness (QED) is 0.656. The first kappa shape index (κ1) is 14.7. The van der Waals surface area contributed by atoms with E-state index in [1.165, 1.54) is 11.5 Å². The number of hydrogen-bond donors (Lipinski definition) is 2. The summed E-state index contributed by atoms with van der Waals surface area (Å²) in [5.74, 6) is 5.68. The lowest BCUT2D eigenvalue weighted by molar-refractivity contribution is 0.637. The van der Waals surface area contributed by atoms with Crippen LogP contribution in [-0.4, -0.2) is 9.59 Å². The largest absolute Gasteiger partial charge is 0.271 e. The fourth-order valence-corrected chi connectivity index (χ4v) is 3.09. The molecule has 0 bridgehead atoms. The monoisotopic (exact) mass is 316 g/mol. The SMILES string of the molecule is CCCc1nnsc1C(NN)c1cccc(Cl)c1Cl. The van der Waals surface area contributed by atoms with Gasteiger partial charge in [-0.3, -0.25) is 5.84 Å². The van der Waals surface area contributed by atoms with Crippen molar-refractivity contribution in [3.8, 4) is 0 Å². The predicted octanol–water partition coefficient (Wildman–Crippen LogP) is 3.35. The number of benzene rings is 1. The van der Waals surface area contributed by atoms with E-state index < -0.39 is 0 Å². The molecule has 0 saturated carbocycles.